The maximum absolute atomic E-state index is 13.8. The van der Waals surface area contributed by atoms with E-state index in [1.54, 1.807) is 20.8 Å². The third-order valence-electron chi connectivity index (χ3n) is 3.46. The van der Waals surface area contributed by atoms with Crippen LogP contribution in [-0.2, 0) is 4.74 Å². The van der Waals surface area contributed by atoms with Crippen molar-refractivity contribution < 1.29 is 23.4 Å². The number of fused-ring (bicyclic) bond motifs is 2. The zero-order valence-electron chi connectivity index (χ0n) is 10.8. The Kier molecular flexibility index (Phi) is 3.25. The number of carbonyl (C=O) groups excluding carboxylic acids is 1. The first-order chi connectivity index (χ1) is 8.22. The summed E-state index contributed by atoms with van der Waals surface area (Å²) < 4.78 is 32.8. The fraction of sp³-hybridized carbons (Fsp3) is 0.917. The van der Waals surface area contributed by atoms with Gasteiger partial charge in [-0.1, -0.05) is 0 Å². The summed E-state index contributed by atoms with van der Waals surface area (Å²) in [6, 6.07) is -1.54. The lowest BCUT2D eigenvalue weighted by Gasteiger charge is -2.41. The van der Waals surface area contributed by atoms with Gasteiger partial charge in [0.2, 0.25) is 0 Å². The Hall–Kier alpha value is -0.910. The summed E-state index contributed by atoms with van der Waals surface area (Å²) >= 11 is 0. The fourth-order valence-electron chi connectivity index (χ4n) is 2.71. The van der Waals surface area contributed by atoms with E-state index >= 15 is 0 Å². The van der Waals surface area contributed by atoms with Crippen LogP contribution >= 0.6 is 0 Å². The first kappa shape index (κ1) is 13.5. The lowest BCUT2D eigenvalue weighted by atomic mass is 9.96. The van der Waals surface area contributed by atoms with Crippen molar-refractivity contribution in [1.29, 1.82) is 0 Å². The van der Waals surface area contributed by atoms with E-state index in [2.05, 4.69) is 0 Å². The molecule has 1 amide bonds. The summed E-state index contributed by atoms with van der Waals surface area (Å²) in [6.07, 6.45) is -5.10. The minimum absolute atomic E-state index is 0.364. The molecule has 2 heterocycles. The number of aliphatic hydroxyl groups excluding tert-OH is 1. The Morgan fingerprint density at radius 3 is 2.06 bits per heavy atom. The van der Waals surface area contributed by atoms with Crippen molar-refractivity contribution in [1.82, 2.24) is 4.90 Å². The number of piperidine rings is 1. The second-order valence-electron chi connectivity index (χ2n) is 5.98. The quantitative estimate of drug-likeness (QED) is 0.725. The minimum Gasteiger partial charge on any atom is -0.444 e. The first-order valence-corrected chi connectivity index (χ1v) is 6.20. The molecule has 0 saturated carbocycles. The predicted octanol–water partition coefficient (Wildman–Crippen LogP) is 1.81. The number of amides is 1. The average molecular weight is 263 g/mol. The first-order valence-electron chi connectivity index (χ1n) is 6.20. The minimum atomic E-state index is -1.74. The molecule has 2 aliphatic heterocycles. The second kappa shape index (κ2) is 4.33. The number of rotatable bonds is 0. The molecular formula is C12H19F2NO3. The molecule has 0 aromatic rings. The van der Waals surface area contributed by atoms with Gasteiger partial charge in [-0.15, -0.1) is 0 Å². The van der Waals surface area contributed by atoms with Crippen molar-refractivity contribution in [2.45, 2.75) is 69.7 Å². The van der Waals surface area contributed by atoms with Crippen molar-refractivity contribution in [2.75, 3.05) is 0 Å². The Bertz CT molecular complexity index is 327. The summed E-state index contributed by atoms with van der Waals surface area (Å²) in [5, 5.41) is 9.43. The van der Waals surface area contributed by atoms with E-state index in [4.69, 9.17) is 4.74 Å². The number of carbonyl (C=O) groups is 1. The molecule has 1 unspecified atom stereocenters. The van der Waals surface area contributed by atoms with Crippen molar-refractivity contribution >= 4 is 6.09 Å². The van der Waals surface area contributed by atoms with Gasteiger partial charge >= 0.3 is 6.09 Å². The fourth-order valence-corrected chi connectivity index (χ4v) is 2.71. The Balaban J connectivity index is 2.17. The second-order valence-corrected chi connectivity index (χ2v) is 5.98. The van der Waals surface area contributed by atoms with Crippen LogP contribution in [0.15, 0.2) is 0 Å². The molecule has 18 heavy (non-hydrogen) atoms. The lowest BCUT2D eigenvalue weighted by Crippen LogP contribution is -2.61. The molecule has 0 aliphatic carbocycles. The third kappa shape index (κ3) is 2.18. The van der Waals surface area contributed by atoms with Crippen LogP contribution in [0.25, 0.3) is 0 Å². The maximum Gasteiger partial charge on any atom is 0.410 e. The van der Waals surface area contributed by atoms with Crippen LogP contribution in [-0.4, -0.2) is 52.2 Å². The van der Waals surface area contributed by atoms with Gasteiger partial charge in [-0.3, -0.25) is 4.90 Å². The normalized spacial score (nSPS) is 39.9. The van der Waals surface area contributed by atoms with Crippen LogP contribution in [0.2, 0.25) is 0 Å². The van der Waals surface area contributed by atoms with Gasteiger partial charge in [0.25, 0.3) is 0 Å². The number of nitrogens with zero attached hydrogens (tertiary/aromatic N) is 1. The molecule has 4 nitrogen and oxygen atoms in total. The predicted molar refractivity (Wildman–Crippen MR) is 60.7 cm³/mol. The number of halogens is 2. The summed E-state index contributed by atoms with van der Waals surface area (Å²) in [4.78, 5) is 13.1. The van der Waals surface area contributed by atoms with Gasteiger partial charge < -0.3 is 9.84 Å². The monoisotopic (exact) mass is 263 g/mol. The standard InChI is InChI=1S/C12H19F2NO3/c1-12(2,3)18-11(17)15-6-4-5-7(15)9(14)10(16)8(6)13/h6-10,16H,4-5H2,1-3H3/t6-,7+,8+,9-,10?. The van der Waals surface area contributed by atoms with Crippen LogP contribution < -0.4 is 0 Å². The SMILES string of the molecule is CC(C)(C)OC(=O)N1[C@@H]2CC[C@H]1[C@@H](F)C(O)[C@H]2F. The van der Waals surface area contributed by atoms with Crippen LogP contribution in [0.1, 0.15) is 33.6 Å². The highest BCUT2D eigenvalue weighted by Crippen LogP contribution is 2.39. The molecule has 0 radical (unpaired) electrons. The van der Waals surface area contributed by atoms with Crippen molar-refractivity contribution in [3.8, 4) is 0 Å². The third-order valence-corrected chi connectivity index (χ3v) is 3.46. The largest absolute Gasteiger partial charge is 0.444 e. The Morgan fingerprint density at radius 1 is 1.22 bits per heavy atom. The number of alkyl halides is 2. The van der Waals surface area contributed by atoms with Crippen LogP contribution in [0.4, 0.5) is 13.6 Å². The molecule has 0 aromatic carbocycles. The number of aliphatic hydroxyl groups is 1. The molecular weight excluding hydrogens is 244 g/mol. The highest BCUT2D eigenvalue weighted by molar-refractivity contribution is 5.70. The molecule has 2 fully saturated rings. The zero-order valence-corrected chi connectivity index (χ0v) is 10.8. The van der Waals surface area contributed by atoms with Crippen LogP contribution in [0, 0.1) is 0 Å². The van der Waals surface area contributed by atoms with Crippen molar-refractivity contribution in [2.24, 2.45) is 0 Å². The van der Waals surface area contributed by atoms with E-state index in [0.717, 1.165) is 4.90 Å². The van der Waals surface area contributed by atoms with Gasteiger partial charge in [0.05, 0.1) is 12.1 Å². The van der Waals surface area contributed by atoms with Gasteiger partial charge in [-0.25, -0.2) is 13.6 Å². The van der Waals surface area contributed by atoms with Gasteiger partial charge in [-0.05, 0) is 33.6 Å². The zero-order chi connectivity index (χ0) is 13.7. The molecule has 0 spiro atoms. The van der Waals surface area contributed by atoms with Crippen LogP contribution in [0.3, 0.4) is 0 Å². The van der Waals surface area contributed by atoms with Crippen molar-refractivity contribution in [3.05, 3.63) is 0 Å². The van der Waals surface area contributed by atoms with Crippen LogP contribution in [0.5, 0.6) is 0 Å². The average Bonchev–Trinajstić information content (AvgIpc) is 2.63. The van der Waals surface area contributed by atoms with E-state index in [1.807, 2.05) is 0 Å². The molecule has 0 aromatic heterocycles. The van der Waals surface area contributed by atoms with Gasteiger partial charge in [0, 0.05) is 0 Å². The van der Waals surface area contributed by atoms with E-state index in [-0.39, 0.29) is 0 Å². The van der Waals surface area contributed by atoms with E-state index in [1.165, 1.54) is 0 Å². The Labute approximate surface area is 105 Å². The summed E-state index contributed by atoms with van der Waals surface area (Å²) in [5.74, 6) is 0. The smallest absolute Gasteiger partial charge is 0.410 e. The van der Waals surface area contributed by atoms with Gasteiger partial charge in [-0.2, -0.15) is 0 Å². The molecule has 2 bridgehead atoms. The molecule has 5 atom stereocenters. The van der Waals surface area contributed by atoms with E-state index in [9.17, 15) is 18.7 Å². The summed E-state index contributed by atoms with van der Waals surface area (Å²) in [6.45, 7) is 5.10. The lowest BCUT2D eigenvalue weighted by molar-refractivity contribution is -0.0889. The molecule has 1 N–H and O–H groups in total. The molecule has 2 aliphatic rings. The van der Waals surface area contributed by atoms with Gasteiger partial charge in [0.1, 0.15) is 24.0 Å². The molecule has 2 saturated heterocycles. The topological polar surface area (TPSA) is 49.8 Å². The summed E-state index contributed by atoms with van der Waals surface area (Å²) in [5.41, 5.74) is -0.704. The Morgan fingerprint density at radius 2 is 1.67 bits per heavy atom. The molecule has 6 heteroatoms. The summed E-state index contributed by atoms with van der Waals surface area (Å²) in [7, 11) is 0. The molecule has 2 rings (SSSR count). The maximum atomic E-state index is 13.8. The van der Waals surface area contributed by atoms with E-state index in [0.29, 0.717) is 12.8 Å². The number of hydrogen-bond donors (Lipinski definition) is 1. The van der Waals surface area contributed by atoms with Gasteiger partial charge in [0.15, 0.2) is 0 Å². The highest BCUT2D eigenvalue weighted by Gasteiger charge is 2.56. The number of hydrogen-bond acceptors (Lipinski definition) is 3. The van der Waals surface area contributed by atoms with E-state index < -0.39 is 42.2 Å². The van der Waals surface area contributed by atoms with Crippen molar-refractivity contribution in [3.63, 3.8) is 0 Å². The number of ether oxygens (including phenoxy) is 1. The molecule has 104 valence electrons. The highest BCUT2D eigenvalue weighted by atomic mass is 19.1.